The Kier molecular flexibility index (Phi) is 4.40. The average molecular weight is 298 g/mol. The highest BCUT2D eigenvalue weighted by Crippen LogP contribution is 2.24. The summed E-state index contributed by atoms with van der Waals surface area (Å²) >= 11 is 11.7. The third-order valence-electron chi connectivity index (χ3n) is 2.51. The fraction of sp³-hybridized carbons (Fsp3) is 0.0714. The normalized spacial score (nSPS) is 11.9. The molecule has 1 unspecified atom stereocenters. The highest BCUT2D eigenvalue weighted by molar-refractivity contribution is 6.33. The largest absolute Gasteiger partial charge is 0.324 e. The smallest absolute Gasteiger partial charge is 0.246 e. The number of nitrogens with one attached hydrogen (secondary N) is 1. The van der Waals surface area contributed by atoms with Crippen LogP contribution in [0.25, 0.3) is 0 Å². The SMILES string of the molecule is O=C(Nc1ccc(F)c(Cl)c1)C(Cl)c1ccccc1. The molecule has 0 aliphatic carbocycles. The van der Waals surface area contributed by atoms with Gasteiger partial charge >= 0.3 is 0 Å². The van der Waals surface area contributed by atoms with Gasteiger partial charge in [0.1, 0.15) is 11.2 Å². The number of benzene rings is 2. The molecule has 0 aromatic heterocycles. The lowest BCUT2D eigenvalue weighted by molar-refractivity contribution is -0.116. The van der Waals surface area contributed by atoms with Gasteiger partial charge in [-0.2, -0.15) is 0 Å². The van der Waals surface area contributed by atoms with E-state index in [1.807, 2.05) is 6.07 Å². The van der Waals surface area contributed by atoms with Crippen LogP contribution in [0.5, 0.6) is 0 Å². The maximum Gasteiger partial charge on any atom is 0.246 e. The molecule has 19 heavy (non-hydrogen) atoms. The van der Waals surface area contributed by atoms with Gasteiger partial charge < -0.3 is 5.32 Å². The van der Waals surface area contributed by atoms with Crippen molar-refractivity contribution >= 4 is 34.8 Å². The summed E-state index contributed by atoms with van der Waals surface area (Å²) in [5.74, 6) is -0.930. The Balaban J connectivity index is 2.10. The second kappa shape index (κ2) is 6.04. The van der Waals surface area contributed by atoms with Crippen molar-refractivity contribution in [2.24, 2.45) is 0 Å². The third kappa shape index (κ3) is 3.46. The average Bonchev–Trinajstić information content (AvgIpc) is 2.43. The fourth-order valence-corrected chi connectivity index (χ4v) is 1.93. The molecule has 0 heterocycles. The summed E-state index contributed by atoms with van der Waals surface area (Å²) in [6.45, 7) is 0. The standard InChI is InChI=1S/C14H10Cl2FNO/c15-11-8-10(6-7-12(11)17)18-14(19)13(16)9-4-2-1-3-5-9/h1-8,13H,(H,18,19). The van der Waals surface area contributed by atoms with E-state index in [1.165, 1.54) is 18.2 Å². The van der Waals surface area contributed by atoms with E-state index in [0.29, 0.717) is 11.3 Å². The van der Waals surface area contributed by atoms with Crippen LogP contribution in [0.15, 0.2) is 48.5 Å². The molecule has 1 N–H and O–H groups in total. The number of hydrogen-bond donors (Lipinski definition) is 1. The predicted molar refractivity (Wildman–Crippen MR) is 75.1 cm³/mol. The topological polar surface area (TPSA) is 29.1 Å². The number of carbonyl (C=O) groups is 1. The first-order valence-corrected chi connectivity index (χ1v) is 6.34. The van der Waals surface area contributed by atoms with Gasteiger partial charge in [-0.15, -0.1) is 11.6 Å². The van der Waals surface area contributed by atoms with Crippen molar-refractivity contribution in [1.29, 1.82) is 0 Å². The maximum absolute atomic E-state index is 13.0. The van der Waals surface area contributed by atoms with Crippen LogP contribution in [0.2, 0.25) is 5.02 Å². The lowest BCUT2D eigenvalue weighted by Crippen LogP contribution is -2.17. The Morgan fingerprint density at radius 2 is 1.84 bits per heavy atom. The molecule has 2 nitrogen and oxygen atoms in total. The number of anilines is 1. The van der Waals surface area contributed by atoms with E-state index >= 15 is 0 Å². The lowest BCUT2D eigenvalue weighted by Gasteiger charge is -2.11. The summed E-state index contributed by atoms with van der Waals surface area (Å²) in [6.07, 6.45) is 0. The van der Waals surface area contributed by atoms with Crippen LogP contribution in [0.4, 0.5) is 10.1 Å². The molecule has 1 amide bonds. The Morgan fingerprint density at radius 3 is 2.47 bits per heavy atom. The van der Waals surface area contributed by atoms with E-state index in [1.54, 1.807) is 24.3 Å². The minimum absolute atomic E-state index is 0.0522. The first-order chi connectivity index (χ1) is 9.08. The van der Waals surface area contributed by atoms with Crippen molar-refractivity contribution in [3.63, 3.8) is 0 Å². The van der Waals surface area contributed by atoms with Crippen molar-refractivity contribution < 1.29 is 9.18 Å². The predicted octanol–water partition coefficient (Wildman–Crippen LogP) is 4.40. The summed E-state index contributed by atoms with van der Waals surface area (Å²) < 4.78 is 13.0. The van der Waals surface area contributed by atoms with E-state index in [2.05, 4.69) is 5.32 Å². The molecule has 98 valence electrons. The Hall–Kier alpha value is -1.58. The zero-order chi connectivity index (χ0) is 13.8. The highest BCUT2D eigenvalue weighted by Gasteiger charge is 2.17. The summed E-state index contributed by atoms with van der Waals surface area (Å²) in [5.41, 5.74) is 1.09. The van der Waals surface area contributed by atoms with Gasteiger partial charge in [0.15, 0.2) is 0 Å². The van der Waals surface area contributed by atoms with Crippen LogP contribution >= 0.6 is 23.2 Å². The van der Waals surface area contributed by atoms with Crippen molar-refractivity contribution in [2.45, 2.75) is 5.38 Å². The second-order valence-electron chi connectivity index (χ2n) is 3.89. The van der Waals surface area contributed by atoms with Crippen molar-refractivity contribution in [3.8, 4) is 0 Å². The summed E-state index contributed by atoms with van der Waals surface area (Å²) in [6, 6.07) is 12.9. The third-order valence-corrected chi connectivity index (χ3v) is 3.25. The van der Waals surface area contributed by atoms with E-state index in [9.17, 15) is 9.18 Å². The number of amides is 1. The number of hydrogen-bond acceptors (Lipinski definition) is 1. The molecule has 0 saturated carbocycles. The van der Waals surface area contributed by atoms with Crippen LogP contribution in [0.1, 0.15) is 10.9 Å². The summed E-state index contributed by atoms with van der Waals surface area (Å²) in [5, 5.41) is 1.72. The molecule has 2 aromatic rings. The molecule has 2 rings (SSSR count). The number of alkyl halides is 1. The molecule has 1 atom stereocenters. The van der Waals surface area contributed by atoms with E-state index in [-0.39, 0.29) is 5.02 Å². The van der Waals surface area contributed by atoms with Gasteiger partial charge in [-0.25, -0.2) is 4.39 Å². The van der Waals surface area contributed by atoms with Crippen molar-refractivity contribution in [2.75, 3.05) is 5.32 Å². The molecule has 0 saturated heterocycles. The molecule has 0 bridgehead atoms. The van der Waals surface area contributed by atoms with Crippen molar-refractivity contribution in [1.82, 2.24) is 0 Å². The number of rotatable bonds is 3. The molecule has 0 radical (unpaired) electrons. The summed E-state index contributed by atoms with van der Waals surface area (Å²) in [4.78, 5) is 11.9. The number of halogens is 3. The Bertz CT molecular complexity index is 589. The zero-order valence-electron chi connectivity index (χ0n) is 9.74. The van der Waals surface area contributed by atoms with Crippen molar-refractivity contribution in [3.05, 3.63) is 64.9 Å². The first-order valence-electron chi connectivity index (χ1n) is 5.53. The highest BCUT2D eigenvalue weighted by atomic mass is 35.5. The van der Waals surface area contributed by atoms with Crippen LogP contribution in [0, 0.1) is 5.82 Å². The van der Waals surface area contributed by atoms with Crippen LogP contribution < -0.4 is 5.32 Å². The fourth-order valence-electron chi connectivity index (χ4n) is 1.55. The van der Waals surface area contributed by atoms with Gasteiger partial charge in [0.25, 0.3) is 0 Å². The van der Waals surface area contributed by atoms with Crippen LogP contribution in [-0.2, 0) is 4.79 Å². The molecular weight excluding hydrogens is 288 g/mol. The minimum atomic E-state index is -0.815. The van der Waals surface area contributed by atoms with E-state index in [4.69, 9.17) is 23.2 Å². The molecule has 0 aliphatic heterocycles. The van der Waals surface area contributed by atoms with Crippen LogP contribution in [0.3, 0.4) is 0 Å². The van der Waals surface area contributed by atoms with Gasteiger partial charge in [0.2, 0.25) is 5.91 Å². The van der Waals surface area contributed by atoms with Gasteiger partial charge in [0, 0.05) is 5.69 Å². The first kappa shape index (κ1) is 13.8. The zero-order valence-corrected chi connectivity index (χ0v) is 11.3. The Morgan fingerprint density at radius 1 is 1.16 bits per heavy atom. The van der Waals surface area contributed by atoms with Gasteiger partial charge in [0.05, 0.1) is 5.02 Å². The quantitative estimate of drug-likeness (QED) is 0.836. The molecule has 0 spiro atoms. The van der Waals surface area contributed by atoms with Gasteiger partial charge in [-0.1, -0.05) is 41.9 Å². The molecule has 2 aromatic carbocycles. The second-order valence-corrected chi connectivity index (χ2v) is 4.74. The minimum Gasteiger partial charge on any atom is -0.324 e. The maximum atomic E-state index is 13.0. The summed E-state index contributed by atoms with van der Waals surface area (Å²) in [7, 11) is 0. The van der Waals surface area contributed by atoms with E-state index < -0.39 is 17.1 Å². The number of carbonyl (C=O) groups excluding carboxylic acids is 1. The van der Waals surface area contributed by atoms with E-state index in [0.717, 1.165) is 0 Å². The van der Waals surface area contributed by atoms with Crippen LogP contribution in [-0.4, -0.2) is 5.91 Å². The lowest BCUT2D eigenvalue weighted by atomic mass is 10.1. The molecule has 0 fully saturated rings. The Labute approximate surface area is 120 Å². The molecule has 5 heteroatoms. The van der Waals surface area contributed by atoms with Gasteiger partial charge in [-0.3, -0.25) is 4.79 Å². The molecule has 0 aliphatic rings. The monoisotopic (exact) mass is 297 g/mol. The van der Waals surface area contributed by atoms with Gasteiger partial charge in [-0.05, 0) is 23.8 Å². The molecular formula is C14H10Cl2FNO.